The van der Waals surface area contributed by atoms with Crippen LogP contribution in [-0.2, 0) is 11.8 Å². The molecule has 0 bridgehead atoms. The first-order valence-corrected chi connectivity index (χ1v) is 7.46. The number of nitrogens with zero attached hydrogens (tertiary/aromatic N) is 3. The number of hydrogen-bond acceptors (Lipinski definition) is 4. The number of thiazole rings is 1. The van der Waals surface area contributed by atoms with Gasteiger partial charge in [-0.05, 0) is 19.9 Å². The minimum absolute atomic E-state index is 0.804. The largest absolute Gasteiger partial charge is 0.378 e. The molecule has 1 aliphatic rings. The predicted molar refractivity (Wildman–Crippen MR) is 79.0 cm³/mol. The fourth-order valence-electron chi connectivity index (χ4n) is 2.40. The minimum atomic E-state index is 0.804. The summed E-state index contributed by atoms with van der Waals surface area (Å²) in [6.45, 7) is 7.78. The van der Waals surface area contributed by atoms with E-state index in [9.17, 15) is 0 Å². The Balaban J connectivity index is 1.90. The first-order chi connectivity index (χ1) is 9.16. The molecule has 0 N–H and O–H groups in total. The van der Waals surface area contributed by atoms with E-state index in [0.29, 0.717) is 0 Å². The average molecular weight is 277 g/mol. The lowest BCUT2D eigenvalue weighted by Gasteiger charge is -2.26. The number of aromatic nitrogens is 2. The highest BCUT2D eigenvalue weighted by atomic mass is 32.1. The van der Waals surface area contributed by atoms with Crippen molar-refractivity contribution in [3.05, 3.63) is 22.8 Å². The van der Waals surface area contributed by atoms with Crippen molar-refractivity contribution < 1.29 is 4.74 Å². The molecule has 1 saturated heterocycles. The van der Waals surface area contributed by atoms with E-state index in [-0.39, 0.29) is 0 Å². The molecule has 0 aliphatic carbocycles. The summed E-state index contributed by atoms with van der Waals surface area (Å²) in [5, 5.41) is 3.27. The van der Waals surface area contributed by atoms with Crippen LogP contribution in [0.1, 0.15) is 11.4 Å². The van der Waals surface area contributed by atoms with E-state index in [2.05, 4.69) is 41.8 Å². The number of hydrogen-bond donors (Lipinski definition) is 0. The number of morpholine rings is 1. The topological polar surface area (TPSA) is 30.3 Å². The maximum Gasteiger partial charge on any atom is 0.186 e. The van der Waals surface area contributed by atoms with Crippen LogP contribution in [0.25, 0.3) is 11.3 Å². The van der Waals surface area contributed by atoms with Crippen LogP contribution in [0.15, 0.2) is 11.4 Å². The van der Waals surface area contributed by atoms with Crippen LogP contribution in [-0.4, -0.2) is 35.9 Å². The van der Waals surface area contributed by atoms with Crippen molar-refractivity contribution in [3.8, 4) is 11.3 Å². The monoisotopic (exact) mass is 277 g/mol. The molecule has 4 nitrogen and oxygen atoms in total. The van der Waals surface area contributed by atoms with Gasteiger partial charge in [0.1, 0.15) is 0 Å². The number of anilines is 1. The third kappa shape index (κ3) is 2.28. The van der Waals surface area contributed by atoms with Crippen LogP contribution in [0.3, 0.4) is 0 Å². The second kappa shape index (κ2) is 4.98. The molecule has 0 radical (unpaired) electrons. The van der Waals surface area contributed by atoms with Crippen LogP contribution < -0.4 is 4.90 Å². The standard InChI is InChI=1S/C14H19N3OS/c1-10-8-12(11(2)16(10)3)13-9-19-14(15-13)17-4-6-18-7-5-17/h8-9H,4-7H2,1-3H3. The Hall–Kier alpha value is -1.33. The lowest BCUT2D eigenvalue weighted by atomic mass is 10.2. The Kier molecular flexibility index (Phi) is 3.33. The van der Waals surface area contributed by atoms with Gasteiger partial charge in [0.05, 0.1) is 18.9 Å². The number of aryl methyl sites for hydroxylation is 1. The Bertz CT molecular complexity index is 582. The van der Waals surface area contributed by atoms with Crippen LogP contribution in [0.5, 0.6) is 0 Å². The average Bonchev–Trinajstić information content (AvgIpc) is 3.01. The molecular formula is C14H19N3OS. The second-order valence-electron chi connectivity index (χ2n) is 4.96. The van der Waals surface area contributed by atoms with Crippen molar-refractivity contribution >= 4 is 16.5 Å². The van der Waals surface area contributed by atoms with Crippen molar-refractivity contribution in [2.24, 2.45) is 7.05 Å². The molecule has 0 unspecified atom stereocenters. The zero-order valence-electron chi connectivity index (χ0n) is 11.6. The van der Waals surface area contributed by atoms with Gasteiger partial charge in [0, 0.05) is 42.5 Å². The molecule has 0 spiro atoms. The molecular weight excluding hydrogens is 258 g/mol. The van der Waals surface area contributed by atoms with Crippen LogP contribution in [0.4, 0.5) is 5.13 Å². The molecule has 0 aromatic carbocycles. The zero-order chi connectivity index (χ0) is 13.4. The van der Waals surface area contributed by atoms with Gasteiger partial charge < -0.3 is 14.2 Å². The Labute approximate surface area is 117 Å². The summed E-state index contributed by atoms with van der Waals surface area (Å²) >= 11 is 1.72. The van der Waals surface area contributed by atoms with Crippen molar-refractivity contribution in [3.63, 3.8) is 0 Å². The summed E-state index contributed by atoms with van der Waals surface area (Å²) in [5.74, 6) is 0. The maximum absolute atomic E-state index is 5.38. The summed E-state index contributed by atoms with van der Waals surface area (Å²) in [6.07, 6.45) is 0. The molecule has 2 aromatic rings. The SMILES string of the molecule is Cc1cc(-c2csc(N3CCOCC3)n2)c(C)n1C. The van der Waals surface area contributed by atoms with Crippen LogP contribution >= 0.6 is 11.3 Å². The molecule has 0 atom stereocenters. The van der Waals surface area contributed by atoms with E-state index in [0.717, 1.165) is 37.1 Å². The maximum atomic E-state index is 5.38. The third-order valence-corrected chi connectivity index (χ3v) is 4.73. The van der Waals surface area contributed by atoms with E-state index in [1.165, 1.54) is 17.0 Å². The van der Waals surface area contributed by atoms with E-state index >= 15 is 0 Å². The molecule has 0 saturated carbocycles. The quantitative estimate of drug-likeness (QED) is 0.845. The Morgan fingerprint density at radius 2 is 2.00 bits per heavy atom. The third-order valence-electron chi connectivity index (χ3n) is 3.82. The van der Waals surface area contributed by atoms with Crippen molar-refractivity contribution in [1.82, 2.24) is 9.55 Å². The van der Waals surface area contributed by atoms with Gasteiger partial charge in [-0.25, -0.2) is 4.98 Å². The van der Waals surface area contributed by atoms with E-state index in [1.54, 1.807) is 11.3 Å². The summed E-state index contributed by atoms with van der Waals surface area (Å²) < 4.78 is 7.59. The molecule has 3 rings (SSSR count). The van der Waals surface area contributed by atoms with Gasteiger partial charge in [0.2, 0.25) is 0 Å². The summed E-state index contributed by atoms with van der Waals surface area (Å²) in [7, 11) is 2.10. The second-order valence-corrected chi connectivity index (χ2v) is 5.80. The van der Waals surface area contributed by atoms with Gasteiger partial charge in [-0.1, -0.05) is 0 Å². The highest BCUT2D eigenvalue weighted by Gasteiger charge is 2.17. The van der Waals surface area contributed by atoms with Crippen LogP contribution in [0, 0.1) is 13.8 Å². The lowest BCUT2D eigenvalue weighted by Crippen LogP contribution is -2.36. The molecule has 0 amide bonds. The Morgan fingerprint density at radius 1 is 1.26 bits per heavy atom. The van der Waals surface area contributed by atoms with E-state index < -0.39 is 0 Å². The molecule has 19 heavy (non-hydrogen) atoms. The zero-order valence-corrected chi connectivity index (χ0v) is 12.5. The van der Waals surface area contributed by atoms with Gasteiger partial charge in [0.15, 0.2) is 5.13 Å². The van der Waals surface area contributed by atoms with Gasteiger partial charge in [-0.2, -0.15) is 0 Å². The minimum Gasteiger partial charge on any atom is -0.378 e. The summed E-state index contributed by atoms with van der Waals surface area (Å²) in [4.78, 5) is 7.10. The van der Waals surface area contributed by atoms with Gasteiger partial charge in [0.25, 0.3) is 0 Å². The Morgan fingerprint density at radius 3 is 2.63 bits per heavy atom. The molecule has 1 fully saturated rings. The normalized spacial score (nSPS) is 16.1. The van der Waals surface area contributed by atoms with Gasteiger partial charge >= 0.3 is 0 Å². The molecule has 102 valence electrons. The number of rotatable bonds is 2. The van der Waals surface area contributed by atoms with E-state index in [1.807, 2.05) is 0 Å². The summed E-state index contributed by atoms with van der Waals surface area (Å²) in [6, 6.07) is 2.22. The van der Waals surface area contributed by atoms with Crippen molar-refractivity contribution in [1.29, 1.82) is 0 Å². The van der Waals surface area contributed by atoms with Crippen molar-refractivity contribution in [2.75, 3.05) is 31.2 Å². The number of ether oxygens (including phenoxy) is 1. The summed E-state index contributed by atoms with van der Waals surface area (Å²) in [5.41, 5.74) is 4.88. The van der Waals surface area contributed by atoms with Gasteiger partial charge in [-0.3, -0.25) is 0 Å². The molecule has 1 aliphatic heterocycles. The van der Waals surface area contributed by atoms with Gasteiger partial charge in [-0.15, -0.1) is 11.3 Å². The lowest BCUT2D eigenvalue weighted by molar-refractivity contribution is 0.122. The van der Waals surface area contributed by atoms with E-state index in [4.69, 9.17) is 9.72 Å². The van der Waals surface area contributed by atoms with Crippen molar-refractivity contribution in [2.45, 2.75) is 13.8 Å². The van der Waals surface area contributed by atoms with Crippen LogP contribution in [0.2, 0.25) is 0 Å². The first kappa shape index (κ1) is 12.7. The molecule has 2 aromatic heterocycles. The predicted octanol–water partition coefficient (Wildman–Crippen LogP) is 2.60. The molecule has 5 heteroatoms. The fraction of sp³-hybridized carbons (Fsp3) is 0.500. The highest BCUT2D eigenvalue weighted by molar-refractivity contribution is 7.14. The fourth-order valence-corrected chi connectivity index (χ4v) is 3.28. The highest BCUT2D eigenvalue weighted by Crippen LogP contribution is 2.31. The smallest absolute Gasteiger partial charge is 0.186 e. The molecule has 3 heterocycles. The first-order valence-electron chi connectivity index (χ1n) is 6.58.